The molecule has 0 fully saturated rings. The van der Waals surface area contributed by atoms with Crippen molar-refractivity contribution in [2.45, 2.75) is 20.3 Å². The Morgan fingerprint density at radius 1 is 1.41 bits per heavy atom. The molecule has 0 bridgehead atoms. The summed E-state index contributed by atoms with van der Waals surface area (Å²) in [7, 11) is 0. The molecule has 3 aromatic rings. The number of hydrogen-bond donors (Lipinski definition) is 1. The highest BCUT2D eigenvalue weighted by atomic mass is 32.1. The van der Waals surface area contributed by atoms with Gasteiger partial charge in [0.1, 0.15) is 11.4 Å². The Morgan fingerprint density at radius 3 is 2.95 bits per heavy atom. The van der Waals surface area contributed by atoms with Crippen molar-refractivity contribution in [1.29, 1.82) is 0 Å². The number of thiazole rings is 1. The van der Waals surface area contributed by atoms with Gasteiger partial charge in [0.25, 0.3) is 5.91 Å². The summed E-state index contributed by atoms with van der Waals surface area (Å²) in [5.41, 5.74) is 2.13. The molecule has 3 rings (SSSR count). The van der Waals surface area contributed by atoms with Crippen LogP contribution in [0, 0.1) is 19.7 Å². The number of nitrogens with zero attached hydrogens (tertiary/aromatic N) is 1. The van der Waals surface area contributed by atoms with E-state index in [-0.39, 0.29) is 17.5 Å². The Morgan fingerprint density at radius 2 is 2.23 bits per heavy atom. The predicted molar refractivity (Wildman–Crippen MR) is 83.8 cm³/mol. The van der Waals surface area contributed by atoms with E-state index >= 15 is 0 Å². The van der Waals surface area contributed by atoms with Crippen molar-refractivity contribution in [1.82, 2.24) is 10.3 Å². The van der Waals surface area contributed by atoms with E-state index in [0.29, 0.717) is 29.5 Å². The van der Waals surface area contributed by atoms with E-state index in [9.17, 15) is 9.18 Å². The monoisotopic (exact) mass is 318 g/mol. The number of carbonyl (C=O) groups excluding carboxylic acids is 1. The van der Waals surface area contributed by atoms with Gasteiger partial charge in [0.2, 0.25) is 0 Å². The van der Waals surface area contributed by atoms with Crippen molar-refractivity contribution in [3.05, 3.63) is 51.4 Å². The Kier molecular flexibility index (Phi) is 3.94. The Hall–Kier alpha value is -2.21. The van der Waals surface area contributed by atoms with Gasteiger partial charge < -0.3 is 9.73 Å². The van der Waals surface area contributed by atoms with Crippen LogP contribution in [-0.4, -0.2) is 17.4 Å². The van der Waals surface area contributed by atoms with Crippen LogP contribution < -0.4 is 5.32 Å². The van der Waals surface area contributed by atoms with Gasteiger partial charge in [0, 0.05) is 29.3 Å². The molecule has 0 unspecified atom stereocenters. The largest absolute Gasteiger partial charge is 0.451 e. The second-order valence-corrected chi connectivity index (χ2v) is 6.12. The molecule has 4 nitrogen and oxygen atoms in total. The number of hydrogen-bond acceptors (Lipinski definition) is 4. The zero-order chi connectivity index (χ0) is 15.7. The first-order valence-electron chi connectivity index (χ1n) is 6.92. The molecular weight excluding hydrogens is 303 g/mol. The molecule has 1 aromatic carbocycles. The first kappa shape index (κ1) is 14.7. The normalized spacial score (nSPS) is 11.0. The quantitative estimate of drug-likeness (QED) is 0.799. The first-order valence-corrected chi connectivity index (χ1v) is 7.80. The molecule has 2 aromatic heterocycles. The fraction of sp³-hybridized carbons (Fsp3) is 0.250. The Balaban J connectivity index is 1.71. The number of aryl methyl sites for hydroxylation is 2. The lowest BCUT2D eigenvalue weighted by Crippen LogP contribution is -2.25. The van der Waals surface area contributed by atoms with Gasteiger partial charge in [-0.05, 0) is 32.0 Å². The summed E-state index contributed by atoms with van der Waals surface area (Å²) in [6.07, 6.45) is 0.671. The highest BCUT2D eigenvalue weighted by Crippen LogP contribution is 2.25. The van der Waals surface area contributed by atoms with E-state index in [4.69, 9.17) is 4.42 Å². The maximum Gasteiger partial charge on any atom is 0.287 e. The predicted octanol–water partition coefficient (Wildman–Crippen LogP) is 3.62. The van der Waals surface area contributed by atoms with Crippen LogP contribution in [-0.2, 0) is 6.42 Å². The van der Waals surface area contributed by atoms with E-state index in [1.54, 1.807) is 18.3 Å². The van der Waals surface area contributed by atoms with E-state index in [1.807, 2.05) is 12.3 Å². The third-order valence-electron chi connectivity index (χ3n) is 3.44. The molecule has 22 heavy (non-hydrogen) atoms. The molecule has 0 aliphatic heterocycles. The molecule has 0 atom stereocenters. The third kappa shape index (κ3) is 2.87. The van der Waals surface area contributed by atoms with E-state index < -0.39 is 0 Å². The van der Waals surface area contributed by atoms with Crippen molar-refractivity contribution >= 4 is 28.2 Å². The fourth-order valence-electron chi connectivity index (χ4n) is 2.32. The van der Waals surface area contributed by atoms with E-state index in [2.05, 4.69) is 10.3 Å². The van der Waals surface area contributed by atoms with Crippen LogP contribution in [0.25, 0.3) is 11.0 Å². The number of benzene rings is 1. The number of halogens is 1. The molecule has 0 aliphatic carbocycles. The number of carbonyl (C=O) groups is 1. The maximum absolute atomic E-state index is 13.3. The lowest BCUT2D eigenvalue weighted by Gasteiger charge is -2.02. The van der Waals surface area contributed by atoms with Crippen molar-refractivity contribution in [2.75, 3.05) is 6.54 Å². The maximum atomic E-state index is 13.3. The third-order valence-corrected chi connectivity index (χ3v) is 4.26. The minimum atomic E-state index is -0.345. The highest BCUT2D eigenvalue weighted by Gasteiger charge is 2.17. The van der Waals surface area contributed by atoms with Crippen molar-refractivity contribution in [2.24, 2.45) is 0 Å². The second kappa shape index (κ2) is 5.88. The highest BCUT2D eigenvalue weighted by molar-refractivity contribution is 7.09. The van der Waals surface area contributed by atoms with Gasteiger partial charge >= 0.3 is 0 Å². The lowest BCUT2D eigenvalue weighted by molar-refractivity contribution is 0.0927. The smallest absolute Gasteiger partial charge is 0.287 e. The molecule has 0 aliphatic rings. The molecule has 0 saturated carbocycles. The summed E-state index contributed by atoms with van der Waals surface area (Å²) in [5, 5.41) is 6.43. The van der Waals surface area contributed by atoms with Gasteiger partial charge in [-0.25, -0.2) is 9.37 Å². The van der Waals surface area contributed by atoms with Crippen molar-refractivity contribution < 1.29 is 13.6 Å². The van der Waals surface area contributed by atoms with Crippen molar-refractivity contribution in [3.63, 3.8) is 0 Å². The standard InChI is InChI=1S/C16H15FN2O2S/c1-9-13-7-11(17)3-4-14(13)21-15(9)16(20)18-6-5-12-8-22-10(2)19-12/h3-4,7-8H,5-6H2,1-2H3,(H,18,20). The average molecular weight is 318 g/mol. The molecule has 1 amide bonds. The summed E-state index contributed by atoms with van der Waals surface area (Å²) in [4.78, 5) is 16.5. The summed E-state index contributed by atoms with van der Waals surface area (Å²) in [6.45, 7) is 4.18. The summed E-state index contributed by atoms with van der Waals surface area (Å²) in [6, 6.07) is 4.23. The average Bonchev–Trinajstić information content (AvgIpc) is 3.03. The van der Waals surface area contributed by atoms with Gasteiger partial charge in [-0.15, -0.1) is 11.3 Å². The van der Waals surface area contributed by atoms with Gasteiger partial charge in [0.05, 0.1) is 10.7 Å². The molecular formula is C16H15FN2O2S. The summed E-state index contributed by atoms with van der Waals surface area (Å²) in [5.74, 6) is -0.404. The van der Waals surface area contributed by atoms with E-state index in [0.717, 1.165) is 10.7 Å². The lowest BCUT2D eigenvalue weighted by atomic mass is 10.1. The van der Waals surface area contributed by atoms with E-state index in [1.165, 1.54) is 18.2 Å². The van der Waals surface area contributed by atoms with Crippen LogP contribution in [0.1, 0.15) is 26.8 Å². The van der Waals surface area contributed by atoms with Crippen LogP contribution in [0.4, 0.5) is 4.39 Å². The minimum absolute atomic E-state index is 0.232. The number of nitrogens with one attached hydrogen (secondary N) is 1. The van der Waals surface area contributed by atoms with Crippen LogP contribution in [0.3, 0.4) is 0 Å². The Bertz CT molecular complexity index is 838. The van der Waals surface area contributed by atoms with Gasteiger partial charge in [-0.1, -0.05) is 0 Å². The summed E-state index contributed by atoms with van der Waals surface area (Å²) < 4.78 is 18.8. The summed E-state index contributed by atoms with van der Waals surface area (Å²) >= 11 is 1.59. The number of rotatable bonds is 4. The molecule has 0 radical (unpaired) electrons. The van der Waals surface area contributed by atoms with Crippen LogP contribution in [0.2, 0.25) is 0 Å². The topological polar surface area (TPSA) is 55.1 Å². The molecule has 0 saturated heterocycles. The fourth-order valence-corrected chi connectivity index (χ4v) is 2.96. The van der Waals surface area contributed by atoms with Gasteiger partial charge in [0.15, 0.2) is 5.76 Å². The number of amides is 1. The number of aromatic nitrogens is 1. The number of furan rings is 1. The van der Waals surface area contributed by atoms with Crippen LogP contribution in [0.5, 0.6) is 0 Å². The van der Waals surface area contributed by atoms with Gasteiger partial charge in [-0.3, -0.25) is 4.79 Å². The van der Waals surface area contributed by atoms with Crippen LogP contribution in [0.15, 0.2) is 28.0 Å². The van der Waals surface area contributed by atoms with Gasteiger partial charge in [-0.2, -0.15) is 0 Å². The zero-order valence-electron chi connectivity index (χ0n) is 12.3. The minimum Gasteiger partial charge on any atom is -0.451 e. The zero-order valence-corrected chi connectivity index (χ0v) is 13.1. The SMILES string of the molecule is Cc1nc(CCNC(=O)c2oc3ccc(F)cc3c2C)cs1. The van der Waals surface area contributed by atoms with Crippen molar-refractivity contribution in [3.8, 4) is 0 Å². The Labute approximate surface area is 131 Å². The first-order chi connectivity index (χ1) is 10.5. The second-order valence-electron chi connectivity index (χ2n) is 5.06. The molecule has 6 heteroatoms. The molecule has 2 heterocycles. The molecule has 0 spiro atoms. The van der Waals surface area contributed by atoms with Crippen LogP contribution >= 0.6 is 11.3 Å². The number of fused-ring (bicyclic) bond motifs is 1. The molecule has 114 valence electrons. The molecule has 1 N–H and O–H groups in total.